The second-order valence-corrected chi connectivity index (χ2v) is 4.57. The van der Waals surface area contributed by atoms with Gasteiger partial charge in [-0.3, -0.25) is 0 Å². The molecule has 0 radical (unpaired) electrons. The van der Waals surface area contributed by atoms with Crippen LogP contribution in [0.3, 0.4) is 0 Å². The number of aryl methyl sites for hydroxylation is 1. The van der Waals surface area contributed by atoms with Crippen molar-refractivity contribution < 1.29 is 14.3 Å². The Labute approximate surface area is 107 Å². The van der Waals surface area contributed by atoms with Gasteiger partial charge in [-0.15, -0.1) is 0 Å². The van der Waals surface area contributed by atoms with Crippen molar-refractivity contribution in [1.29, 1.82) is 0 Å². The van der Waals surface area contributed by atoms with E-state index >= 15 is 0 Å². The highest BCUT2D eigenvalue weighted by Gasteiger charge is 2.11. The average molecular weight is 257 g/mol. The summed E-state index contributed by atoms with van der Waals surface area (Å²) in [6, 6.07) is 3.73. The summed E-state index contributed by atoms with van der Waals surface area (Å²) in [6.45, 7) is 5.92. The van der Waals surface area contributed by atoms with E-state index in [1.807, 2.05) is 19.1 Å². The molecule has 1 aromatic rings. The van der Waals surface area contributed by atoms with Crippen LogP contribution in [-0.4, -0.2) is 19.7 Å². The highest BCUT2D eigenvalue weighted by atomic mass is 35.5. The van der Waals surface area contributed by atoms with Crippen LogP contribution in [0.1, 0.15) is 30.9 Å². The van der Waals surface area contributed by atoms with Gasteiger partial charge in [-0.2, -0.15) is 0 Å². The molecule has 0 spiro atoms. The van der Waals surface area contributed by atoms with E-state index in [1.165, 1.54) is 7.11 Å². The largest absolute Gasteiger partial charge is 0.482 e. The van der Waals surface area contributed by atoms with Gasteiger partial charge in [-0.1, -0.05) is 25.4 Å². The third kappa shape index (κ3) is 3.63. The molecule has 0 atom stereocenters. The first-order valence-electron chi connectivity index (χ1n) is 5.45. The number of carbonyl (C=O) groups is 1. The van der Waals surface area contributed by atoms with Gasteiger partial charge in [0.2, 0.25) is 0 Å². The molecule has 0 fully saturated rings. The van der Waals surface area contributed by atoms with Gasteiger partial charge in [0, 0.05) is 5.02 Å². The zero-order valence-electron chi connectivity index (χ0n) is 10.5. The van der Waals surface area contributed by atoms with Crippen molar-refractivity contribution in [2.75, 3.05) is 13.7 Å². The predicted molar refractivity (Wildman–Crippen MR) is 67.8 cm³/mol. The Balaban J connectivity index is 2.92. The van der Waals surface area contributed by atoms with E-state index in [0.717, 1.165) is 16.1 Å². The van der Waals surface area contributed by atoms with Crippen molar-refractivity contribution in [3.63, 3.8) is 0 Å². The van der Waals surface area contributed by atoms with Crippen LogP contribution >= 0.6 is 11.6 Å². The molecular weight excluding hydrogens is 240 g/mol. The van der Waals surface area contributed by atoms with Crippen LogP contribution in [0.5, 0.6) is 5.75 Å². The monoisotopic (exact) mass is 256 g/mol. The lowest BCUT2D eigenvalue weighted by Gasteiger charge is -2.14. The van der Waals surface area contributed by atoms with Gasteiger partial charge in [0.15, 0.2) is 6.61 Å². The van der Waals surface area contributed by atoms with Gasteiger partial charge >= 0.3 is 5.97 Å². The number of methoxy groups -OCH3 is 1. The fourth-order valence-electron chi connectivity index (χ4n) is 1.46. The lowest BCUT2D eigenvalue weighted by Crippen LogP contribution is -2.13. The molecule has 1 aromatic carbocycles. The average Bonchev–Trinajstić information content (AvgIpc) is 2.26. The molecule has 0 bridgehead atoms. The van der Waals surface area contributed by atoms with E-state index in [0.29, 0.717) is 11.7 Å². The number of hydrogen-bond donors (Lipinski definition) is 0. The maximum Gasteiger partial charge on any atom is 0.343 e. The number of esters is 1. The highest BCUT2D eigenvalue weighted by molar-refractivity contribution is 6.31. The molecule has 0 heterocycles. The Kier molecular flexibility index (Phi) is 4.82. The molecular formula is C13H17ClO3. The molecule has 17 heavy (non-hydrogen) atoms. The normalized spacial score (nSPS) is 10.5. The summed E-state index contributed by atoms with van der Waals surface area (Å²) in [5.41, 5.74) is 1.92. The van der Waals surface area contributed by atoms with Crippen LogP contribution in [-0.2, 0) is 9.53 Å². The van der Waals surface area contributed by atoms with Crippen LogP contribution < -0.4 is 4.74 Å². The minimum Gasteiger partial charge on any atom is -0.482 e. The molecule has 1 rings (SSSR count). The fraction of sp³-hybridized carbons (Fsp3) is 0.462. The van der Waals surface area contributed by atoms with E-state index in [-0.39, 0.29) is 6.61 Å². The molecule has 0 unspecified atom stereocenters. The number of ether oxygens (including phenoxy) is 2. The van der Waals surface area contributed by atoms with Gasteiger partial charge in [-0.25, -0.2) is 4.79 Å². The highest BCUT2D eigenvalue weighted by Crippen LogP contribution is 2.31. The quantitative estimate of drug-likeness (QED) is 0.776. The third-order valence-corrected chi connectivity index (χ3v) is 2.82. The summed E-state index contributed by atoms with van der Waals surface area (Å²) in [7, 11) is 1.33. The molecule has 0 saturated carbocycles. The summed E-state index contributed by atoms with van der Waals surface area (Å²) in [5, 5.41) is 0.725. The standard InChI is InChI=1S/C13H17ClO3/c1-8(2)10-6-12(9(3)5-11(10)14)17-7-13(15)16-4/h5-6,8H,7H2,1-4H3. The molecule has 0 aliphatic heterocycles. The molecule has 4 heteroatoms. The Morgan fingerprint density at radius 1 is 1.41 bits per heavy atom. The lowest BCUT2D eigenvalue weighted by molar-refractivity contribution is -0.142. The number of benzene rings is 1. The zero-order valence-corrected chi connectivity index (χ0v) is 11.3. The van der Waals surface area contributed by atoms with Crippen LogP contribution in [0, 0.1) is 6.92 Å². The second kappa shape index (κ2) is 5.92. The van der Waals surface area contributed by atoms with E-state index in [4.69, 9.17) is 16.3 Å². The minimum atomic E-state index is -0.398. The third-order valence-electron chi connectivity index (χ3n) is 2.49. The van der Waals surface area contributed by atoms with Crippen molar-refractivity contribution in [1.82, 2.24) is 0 Å². The van der Waals surface area contributed by atoms with Gasteiger partial charge in [-0.05, 0) is 36.1 Å². The summed E-state index contributed by atoms with van der Waals surface area (Å²) >= 11 is 6.14. The van der Waals surface area contributed by atoms with Crippen molar-refractivity contribution >= 4 is 17.6 Å². The number of hydrogen-bond acceptors (Lipinski definition) is 3. The Morgan fingerprint density at radius 3 is 2.59 bits per heavy atom. The van der Waals surface area contributed by atoms with E-state index in [1.54, 1.807) is 0 Å². The number of halogens is 1. The first-order chi connectivity index (χ1) is 7.95. The number of carbonyl (C=O) groups excluding carboxylic acids is 1. The van der Waals surface area contributed by atoms with E-state index in [2.05, 4.69) is 18.6 Å². The van der Waals surface area contributed by atoms with Crippen molar-refractivity contribution in [2.24, 2.45) is 0 Å². The fourth-order valence-corrected chi connectivity index (χ4v) is 1.90. The molecule has 0 saturated heterocycles. The molecule has 0 amide bonds. The van der Waals surface area contributed by atoms with Crippen LogP contribution in [0.2, 0.25) is 5.02 Å². The Morgan fingerprint density at radius 2 is 2.06 bits per heavy atom. The van der Waals surface area contributed by atoms with Crippen LogP contribution in [0.15, 0.2) is 12.1 Å². The molecule has 94 valence electrons. The first kappa shape index (κ1) is 13.8. The molecule has 0 aliphatic rings. The summed E-state index contributed by atoms with van der Waals surface area (Å²) < 4.78 is 9.93. The molecule has 3 nitrogen and oxygen atoms in total. The molecule has 0 aliphatic carbocycles. The van der Waals surface area contributed by atoms with Crippen molar-refractivity contribution in [3.05, 3.63) is 28.3 Å². The van der Waals surface area contributed by atoms with Crippen LogP contribution in [0.25, 0.3) is 0 Å². The smallest absolute Gasteiger partial charge is 0.343 e. The lowest BCUT2D eigenvalue weighted by atomic mass is 10.0. The summed E-state index contributed by atoms with van der Waals surface area (Å²) in [4.78, 5) is 11.0. The second-order valence-electron chi connectivity index (χ2n) is 4.16. The van der Waals surface area contributed by atoms with E-state index < -0.39 is 5.97 Å². The van der Waals surface area contributed by atoms with Crippen LogP contribution in [0.4, 0.5) is 0 Å². The van der Waals surface area contributed by atoms with E-state index in [9.17, 15) is 4.79 Å². The Bertz CT molecular complexity index is 413. The summed E-state index contributed by atoms with van der Waals surface area (Å²) in [6.07, 6.45) is 0. The van der Waals surface area contributed by atoms with Gasteiger partial charge in [0.05, 0.1) is 7.11 Å². The maximum atomic E-state index is 11.0. The first-order valence-corrected chi connectivity index (χ1v) is 5.83. The molecule has 0 N–H and O–H groups in total. The predicted octanol–water partition coefficient (Wildman–Crippen LogP) is 3.32. The SMILES string of the molecule is COC(=O)COc1cc(C(C)C)c(Cl)cc1C. The summed E-state index contributed by atoms with van der Waals surface area (Å²) in [5.74, 6) is 0.581. The minimum absolute atomic E-state index is 0.0868. The van der Waals surface area contributed by atoms with Crippen molar-refractivity contribution in [2.45, 2.75) is 26.7 Å². The zero-order chi connectivity index (χ0) is 13.0. The molecule has 0 aromatic heterocycles. The van der Waals surface area contributed by atoms with Gasteiger partial charge in [0.1, 0.15) is 5.75 Å². The topological polar surface area (TPSA) is 35.5 Å². The Hall–Kier alpha value is -1.22. The van der Waals surface area contributed by atoms with Gasteiger partial charge < -0.3 is 9.47 Å². The van der Waals surface area contributed by atoms with Gasteiger partial charge in [0.25, 0.3) is 0 Å². The number of rotatable bonds is 4. The van der Waals surface area contributed by atoms with Crippen molar-refractivity contribution in [3.8, 4) is 5.75 Å². The maximum absolute atomic E-state index is 11.0.